The molecule has 0 aliphatic rings. The Balaban J connectivity index is 1.85. The lowest BCUT2D eigenvalue weighted by Crippen LogP contribution is -2.30. The van der Waals surface area contributed by atoms with E-state index in [2.05, 4.69) is 10.6 Å². The Labute approximate surface area is 166 Å². The molecule has 6 nitrogen and oxygen atoms in total. The molecule has 2 N–H and O–H groups in total. The Hall–Kier alpha value is -3.02. The molecule has 0 fully saturated rings. The number of carbonyl (C=O) groups is 2. The van der Waals surface area contributed by atoms with Gasteiger partial charge in [-0.05, 0) is 76.2 Å². The quantitative estimate of drug-likeness (QED) is 0.686. The van der Waals surface area contributed by atoms with E-state index in [1.807, 2.05) is 52.0 Å². The maximum Gasteiger partial charge on any atom is 0.253 e. The number of rotatable bonds is 9. The zero-order valence-corrected chi connectivity index (χ0v) is 17.0. The van der Waals surface area contributed by atoms with Crippen LogP contribution in [0, 0.1) is 0 Å². The van der Waals surface area contributed by atoms with Crippen molar-refractivity contribution in [2.24, 2.45) is 0 Å². The molecule has 0 atom stereocenters. The van der Waals surface area contributed by atoms with Crippen LogP contribution in [0.4, 0.5) is 11.4 Å². The van der Waals surface area contributed by atoms with E-state index >= 15 is 0 Å². The van der Waals surface area contributed by atoms with Crippen molar-refractivity contribution in [3.05, 3.63) is 54.1 Å². The Morgan fingerprint density at radius 1 is 0.929 bits per heavy atom. The molecule has 0 aliphatic heterocycles. The summed E-state index contributed by atoms with van der Waals surface area (Å²) >= 11 is 0. The molecule has 28 heavy (non-hydrogen) atoms. The number of nitrogens with zero attached hydrogens (tertiary/aromatic N) is 1. The van der Waals surface area contributed by atoms with Crippen molar-refractivity contribution < 1.29 is 14.3 Å². The van der Waals surface area contributed by atoms with Gasteiger partial charge < -0.3 is 20.3 Å². The minimum Gasteiger partial charge on any atom is -0.491 e. The number of hydrogen-bond donors (Lipinski definition) is 2. The van der Waals surface area contributed by atoms with Crippen LogP contribution in [0.3, 0.4) is 0 Å². The number of hydrogen-bond acceptors (Lipinski definition) is 4. The third kappa shape index (κ3) is 6.30. The van der Waals surface area contributed by atoms with Crippen molar-refractivity contribution in [2.45, 2.75) is 33.8 Å². The van der Waals surface area contributed by atoms with Crippen LogP contribution in [0.25, 0.3) is 0 Å². The molecule has 0 aliphatic carbocycles. The molecule has 0 bridgehead atoms. The fraction of sp³-hybridized carbons (Fsp3) is 0.364. The monoisotopic (exact) mass is 383 g/mol. The van der Waals surface area contributed by atoms with Crippen LogP contribution in [0.5, 0.6) is 5.75 Å². The van der Waals surface area contributed by atoms with E-state index in [9.17, 15) is 9.59 Å². The van der Waals surface area contributed by atoms with Crippen LogP contribution in [0.1, 0.15) is 38.1 Å². The van der Waals surface area contributed by atoms with Crippen molar-refractivity contribution in [1.82, 2.24) is 4.90 Å². The lowest BCUT2D eigenvalue weighted by atomic mass is 10.1. The fourth-order valence-electron chi connectivity index (χ4n) is 2.70. The Bertz CT molecular complexity index is 767. The molecule has 2 aromatic rings. The van der Waals surface area contributed by atoms with Gasteiger partial charge >= 0.3 is 0 Å². The van der Waals surface area contributed by atoms with Crippen LogP contribution in [-0.2, 0) is 4.79 Å². The SMILES string of the molecule is CCN(CC)C(=O)c1ccc(NC(=O)CNc2ccc(OC(C)C)cc2)cc1. The number of amides is 2. The number of carbonyl (C=O) groups excluding carboxylic acids is 2. The van der Waals surface area contributed by atoms with Gasteiger partial charge in [-0.1, -0.05) is 0 Å². The molecule has 0 heterocycles. The summed E-state index contributed by atoms with van der Waals surface area (Å²) in [5.41, 5.74) is 2.11. The molecule has 2 rings (SSSR count). The number of nitrogens with one attached hydrogen (secondary N) is 2. The molecule has 2 aromatic carbocycles. The zero-order valence-electron chi connectivity index (χ0n) is 17.0. The molecule has 0 unspecified atom stereocenters. The maximum absolute atomic E-state index is 12.3. The van der Waals surface area contributed by atoms with Gasteiger partial charge in [-0.25, -0.2) is 0 Å². The molecule has 0 spiro atoms. The van der Waals surface area contributed by atoms with Crippen LogP contribution in [0.15, 0.2) is 48.5 Å². The highest BCUT2D eigenvalue weighted by molar-refractivity contribution is 5.96. The minimum atomic E-state index is -0.162. The summed E-state index contributed by atoms with van der Waals surface area (Å²) in [6.45, 7) is 9.34. The van der Waals surface area contributed by atoms with Gasteiger partial charge in [0.1, 0.15) is 5.75 Å². The summed E-state index contributed by atoms with van der Waals surface area (Å²) in [7, 11) is 0. The topological polar surface area (TPSA) is 70.7 Å². The van der Waals surface area contributed by atoms with Gasteiger partial charge in [0.05, 0.1) is 12.6 Å². The van der Waals surface area contributed by atoms with Crippen LogP contribution >= 0.6 is 0 Å². The van der Waals surface area contributed by atoms with Crippen molar-refractivity contribution in [3.8, 4) is 5.75 Å². The van der Waals surface area contributed by atoms with Gasteiger partial charge in [0, 0.05) is 30.0 Å². The highest BCUT2D eigenvalue weighted by Crippen LogP contribution is 2.17. The van der Waals surface area contributed by atoms with Gasteiger partial charge in [-0.3, -0.25) is 9.59 Å². The Kier molecular flexibility index (Phi) is 7.87. The first kappa shape index (κ1) is 21.3. The molecule has 0 saturated carbocycles. The van der Waals surface area contributed by atoms with Gasteiger partial charge in [0.15, 0.2) is 0 Å². The predicted octanol–water partition coefficient (Wildman–Crippen LogP) is 4.01. The van der Waals surface area contributed by atoms with Crippen LogP contribution in [-0.4, -0.2) is 42.5 Å². The summed E-state index contributed by atoms with van der Waals surface area (Å²) in [6, 6.07) is 14.4. The van der Waals surface area contributed by atoms with E-state index in [-0.39, 0.29) is 24.5 Å². The molecular formula is C22H29N3O3. The lowest BCUT2D eigenvalue weighted by molar-refractivity contribution is -0.114. The van der Waals surface area contributed by atoms with Crippen LogP contribution in [0.2, 0.25) is 0 Å². The first-order chi connectivity index (χ1) is 13.4. The van der Waals surface area contributed by atoms with E-state index < -0.39 is 0 Å². The van der Waals surface area contributed by atoms with Crippen molar-refractivity contribution in [3.63, 3.8) is 0 Å². The fourth-order valence-corrected chi connectivity index (χ4v) is 2.70. The zero-order chi connectivity index (χ0) is 20.5. The summed E-state index contributed by atoms with van der Waals surface area (Å²) in [6.07, 6.45) is 0.123. The lowest BCUT2D eigenvalue weighted by Gasteiger charge is -2.18. The smallest absolute Gasteiger partial charge is 0.253 e. The van der Waals surface area contributed by atoms with E-state index in [0.29, 0.717) is 24.3 Å². The third-order valence-electron chi connectivity index (χ3n) is 4.15. The van der Waals surface area contributed by atoms with E-state index in [0.717, 1.165) is 11.4 Å². The van der Waals surface area contributed by atoms with Crippen molar-refractivity contribution >= 4 is 23.2 Å². The summed E-state index contributed by atoms with van der Waals surface area (Å²) in [4.78, 5) is 26.2. The standard InChI is InChI=1S/C22H29N3O3/c1-5-25(6-2)22(27)17-7-9-19(10-8-17)24-21(26)15-23-18-11-13-20(14-12-18)28-16(3)4/h7-14,16,23H,5-6,15H2,1-4H3,(H,24,26). The average Bonchev–Trinajstić information content (AvgIpc) is 2.68. The first-order valence-electron chi connectivity index (χ1n) is 9.62. The molecular weight excluding hydrogens is 354 g/mol. The number of benzene rings is 2. The van der Waals surface area contributed by atoms with E-state index in [1.165, 1.54) is 0 Å². The Morgan fingerprint density at radius 2 is 1.50 bits per heavy atom. The van der Waals surface area contributed by atoms with Crippen molar-refractivity contribution in [1.29, 1.82) is 0 Å². The first-order valence-corrected chi connectivity index (χ1v) is 9.62. The summed E-state index contributed by atoms with van der Waals surface area (Å²) < 4.78 is 5.60. The van der Waals surface area contributed by atoms with Gasteiger partial charge in [-0.15, -0.1) is 0 Å². The van der Waals surface area contributed by atoms with Crippen LogP contribution < -0.4 is 15.4 Å². The second kappa shape index (κ2) is 10.3. The average molecular weight is 383 g/mol. The molecule has 150 valence electrons. The molecule has 0 radical (unpaired) electrons. The number of anilines is 2. The summed E-state index contributed by atoms with van der Waals surface area (Å²) in [5, 5.41) is 5.90. The second-order valence-corrected chi connectivity index (χ2v) is 6.65. The predicted molar refractivity (Wildman–Crippen MR) is 113 cm³/mol. The highest BCUT2D eigenvalue weighted by atomic mass is 16.5. The van der Waals surface area contributed by atoms with Gasteiger partial charge in [-0.2, -0.15) is 0 Å². The molecule has 6 heteroatoms. The number of ether oxygens (including phenoxy) is 1. The second-order valence-electron chi connectivity index (χ2n) is 6.65. The molecule has 2 amide bonds. The minimum absolute atomic E-state index is 0.00515. The Morgan fingerprint density at radius 3 is 2.04 bits per heavy atom. The molecule has 0 saturated heterocycles. The maximum atomic E-state index is 12.3. The van der Waals surface area contributed by atoms with Gasteiger partial charge in [0.25, 0.3) is 5.91 Å². The van der Waals surface area contributed by atoms with Gasteiger partial charge in [0.2, 0.25) is 5.91 Å². The summed E-state index contributed by atoms with van der Waals surface area (Å²) in [5.74, 6) is 0.629. The largest absolute Gasteiger partial charge is 0.491 e. The normalized spacial score (nSPS) is 10.5. The molecule has 0 aromatic heterocycles. The third-order valence-corrected chi connectivity index (χ3v) is 4.15. The van der Waals surface area contributed by atoms with Crippen molar-refractivity contribution in [2.75, 3.05) is 30.3 Å². The van der Waals surface area contributed by atoms with E-state index in [4.69, 9.17) is 4.74 Å². The van der Waals surface area contributed by atoms with E-state index in [1.54, 1.807) is 29.2 Å². The highest BCUT2D eigenvalue weighted by Gasteiger charge is 2.12.